The lowest BCUT2D eigenvalue weighted by Gasteiger charge is -2.10. The van der Waals surface area contributed by atoms with E-state index >= 15 is 0 Å². The number of benzene rings is 1. The normalized spacial score (nSPS) is 10.9. The third kappa shape index (κ3) is 6.34. The number of unbranched alkanes of at least 4 members (excludes halogenated alkanes) is 5. The van der Waals surface area contributed by atoms with Crippen LogP contribution in [0.4, 0.5) is 0 Å². The van der Waals surface area contributed by atoms with E-state index < -0.39 is 8.60 Å². The van der Waals surface area contributed by atoms with E-state index in [1.54, 1.807) is 6.07 Å². The summed E-state index contributed by atoms with van der Waals surface area (Å²) in [7, 11) is -2.32. The molecule has 0 spiro atoms. The molecule has 2 N–H and O–H groups in total. The van der Waals surface area contributed by atoms with Gasteiger partial charge in [0.25, 0.3) is 0 Å². The fraction of sp³-hybridized carbons (Fsp3) is 0.571. The zero-order valence-electron chi connectivity index (χ0n) is 11.0. The van der Waals surface area contributed by atoms with Crippen molar-refractivity contribution in [1.82, 2.24) is 0 Å². The van der Waals surface area contributed by atoms with Crippen LogP contribution in [0.15, 0.2) is 24.3 Å². The zero-order chi connectivity index (χ0) is 13.2. The average Bonchev–Trinajstić information content (AvgIpc) is 2.35. The van der Waals surface area contributed by atoms with Gasteiger partial charge < -0.3 is 14.3 Å². The first kappa shape index (κ1) is 15.4. The summed E-state index contributed by atoms with van der Waals surface area (Å²) in [6.45, 7) is 2.22. The van der Waals surface area contributed by atoms with Crippen LogP contribution in [0.2, 0.25) is 0 Å². The van der Waals surface area contributed by atoms with Crippen LogP contribution in [-0.4, -0.2) is 9.79 Å². The smallest absolute Gasteiger partial charge is 0.391 e. The molecule has 0 bridgehead atoms. The van der Waals surface area contributed by atoms with Gasteiger partial charge in [0.05, 0.1) is 0 Å². The SMILES string of the molecule is CCCCCCCCc1ccccc1OP(O)O. The third-order valence-corrected chi connectivity index (χ3v) is 3.31. The van der Waals surface area contributed by atoms with E-state index in [1.807, 2.05) is 18.2 Å². The Morgan fingerprint density at radius 1 is 1.00 bits per heavy atom. The molecule has 0 saturated carbocycles. The molecule has 0 heterocycles. The van der Waals surface area contributed by atoms with Crippen LogP contribution in [-0.2, 0) is 6.42 Å². The highest BCUT2D eigenvalue weighted by Gasteiger charge is 2.07. The molecule has 0 fully saturated rings. The molecule has 1 rings (SSSR count). The number of aryl methyl sites for hydroxylation is 1. The second-order valence-corrected chi connectivity index (χ2v) is 5.16. The maximum Gasteiger partial charge on any atom is 0.391 e. The van der Waals surface area contributed by atoms with Gasteiger partial charge in [0.1, 0.15) is 5.75 Å². The minimum atomic E-state index is -2.32. The van der Waals surface area contributed by atoms with E-state index in [-0.39, 0.29) is 0 Å². The topological polar surface area (TPSA) is 49.7 Å². The minimum Gasteiger partial charge on any atom is -0.427 e. The third-order valence-electron chi connectivity index (χ3n) is 2.95. The number of para-hydroxylation sites is 1. The van der Waals surface area contributed by atoms with Crippen LogP contribution in [0.1, 0.15) is 51.0 Å². The van der Waals surface area contributed by atoms with Gasteiger partial charge in [-0.1, -0.05) is 57.2 Å². The summed E-state index contributed by atoms with van der Waals surface area (Å²) >= 11 is 0. The summed E-state index contributed by atoms with van der Waals surface area (Å²) in [5, 5.41) is 0. The Kier molecular flexibility index (Phi) is 7.99. The summed E-state index contributed by atoms with van der Waals surface area (Å²) in [5.41, 5.74) is 1.06. The lowest BCUT2D eigenvalue weighted by molar-refractivity contribution is 0.373. The van der Waals surface area contributed by atoms with E-state index in [2.05, 4.69) is 6.92 Å². The zero-order valence-corrected chi connectivity index (χ0v) is 11.9. The molecule has 1 aromatic rings. The molecule has 0 atom stereocenters. The summed E-state index contributed by atoms with van der Waals surface area (Å²) < 4.78 is 5.02. The van der Waals surface area contributed by atoms with Crippen LogP contribution in [0.5, 0.6) is 5.75 Å². The second-order valence-electron chi connectivity index (χ2n) is 4.47. The van der Waals surface area contributed by atoms with Gasteiger partial charge in [0.15, 0.2) is 0 Å². The lowest BCUT2D eigenvalue weighted by atomic mass is 10.0. The van der Waals surface area contributed by atoms with Crippen molar-refractivity contribution in [1.29, 1.82) is 0 Å². The van der Waals surface area contributed by atoms with Crippen molar-refractivity contribution >= 4 is 8.60 Å². The van der Waals surface area contributed by atoms with Crippen LogP contribution in [0.3, 0.4) is 0 Å². The van der Waals surface area contributed by atoms with Crippen molar-refractivity contribution < 1.29 is 14.3 Å². The monoisotopic (exact) mass is 270 g/mol. The van der Waals surface area contributed by atoms with E-state index in [1.165, 1.54) is 32.1 Å². The summed E-state index contributed by atoms with van der Waals surface area (Å²) in [5.74, 6) is 0.599. The first-order valence-electron chi connectivity index (χ1n) is 6.67. The Bertz CT molecular complexity index is 329. The van der Waals surface area contributed by atoms with E-state index in [0.29, 0.717) is 5.75 Å². The Morgan fingerprint density at radius 2 is 1.67 bits per heavy atom. The average molecular weight is 270 g/mol. The van der Waals surface area contributed by atoms with Gasteiger partial charge in [-0.05, 0) is 24.5 Å². The second kappa shape index (κ2) is 9.32. The van der Waals surface area contributed by atoms with Crippen molar-refractivity contribution in [3.8, 4) is 5.75 Å². The molecule has 0 aliphatic carbocycles. The van der Waals surface area contributed by atoms with Crippen molar-refractivity contribution in [2.45, 2.75) is 51.9 Å². The number of rotatable bonds is 9. The highest BCUT2D eigenvalue weighted by Crippen LogP contribution is 2.32. The molecule has 0 radical (unpaired) electrons. The van der Waals surface area contributed by atoms with Gasteiger partial charge in [-0.2, -0.15) is 0 Å². The first-order chi connectivity index (χ1) is 8.74. The van der Waals surface area contributed by atoms with Gasteiger partial charge in [-0.15, -0.1) is 0 Å². The van der Waals surface area contributed by atoms with E-state index in [0.717, 1.165) is 18.4 Å². The van der Waals surface area contributed by atoms with Gasteiger partial charge in [-0.25, -0.2) is 0 Å². The molecule has 0 aliphatic heterocycles. The van der Waals surface area contributed by atoms with Gasteiger partial charge in [0.2, 0.25) is 0 Å². The van der Waals surface area contributed by atoms with Crippen LogP contribution in [0.25, 0.3) is 0 Å². The number of hydrogen-bond donors (Lipinski definition) is 2. The van der Waals surface area contributed by atoms with Crippen molar-refractivity contribution in [2.24, 2.45) is 0 Å². The van der Waals surface area contributed by atoms with Crippen molar-refractivity contribution in [3.05, 3.63) is 29.8 Å². The Hall–Kier alpha value is -0.630. The number of hydrogen-bond acceptors (Lipinski definition) is 3. The molecule has 3 nitrogen and oxygen atoms in total. The Labute approximate surface area is 111 Å². The first-order valence-corrected chi connectivity index (χ1v) is 7.84. The fourth-order valence-corrected chi connectivity index (χ4v) is 2.34. The quantitative estimate of drug-likeness (QED) is 0.522. The summed E-state index contributed by atoms with van der Waals surface area (Å²) in [6.07, 6.45) is 8.47. The van der Waals surface area contributed by atoms with Crippen molar-refractivity contribution in [3.63, 3.8) is 0 Å². The molecule has 0 aromatic heterocycles. The highest BCUT2D eigenvalue weighted by atomic mass is 31.2. The summed E-state index contributed by atoms with van der Waals surface area (Å²) in [6, 6.07) is 7.57. The van der Waals surface area contributed by atoms with Gasteiger partial charge >= 0.3 is 8.60 Å². The van der Waals surface area contributed by atoms with Gasteiger partial charge in [-0.3, -0.25) is 0 Å². The predicted octanol–water partition coefficient (Wildman–Crippen LogP) is 4.18. The molecule has 0 saturated heterocycles. The van der Waals surface area contributed by atoms with E-state index in [9.17, 15) is 0 Å². The Morgan fingerprint density at radius 3 is 2.39 bits per heavy atom. The molecular weight excluding hydrogens is 247 g/mol. The molecule has 18 heavy (non-hydrogen) atoms. The molecule has 0 amide bonds. The molecule has 0 aliphatic rings. The minimum absolute atomic E-state index is 0.599. The van der Waals surface area contributed by atoms with Crippen molar-refractivity contribution in [2.75, 3.05) is 0 Å². The maximum absolute atomic E-state index is 8.90. The lowest BCUT2D eigenvalue weighted by Crippen LogP contribution is -1.93. The van der Waals surface area contributed by atoms with Crippen LogP contribution < -0.4 is 4.52 Å². The van der Waals surface area contributed by atoms with Crippen LogP contribution in [0, 0.1) is 0 Å². The molecule has 0 unspecified atom stereocenters. The maximum atomic E-state index is 8.90. The predicted molar refractivity (Wildman–Crippen MR) is 75.5 cm³/mol. The standard InChI is InChI=1S/C14H23O3P/c1-2-3-4-5-6-7-10-13-11-8-9-12-14(13)17-18(15)16/h8-9,11-12,15-16H,2-7,10H2,1H3. The Balaban J connectivity index is 2.32. The van der Waals surface area contributed by atoms with Crippen LogP contribution >= 0.6 is 8.60 Å². The molecule has 102 valence electrons. The largest absolute Gasteiger partial charge is 0.427 e. The van der Waals surface area contributed by atoms with Gasteiger partial charge in [0, 0.05) is 0 Å². The summed E-state index contributed by atoms with van der Waals surface area (Å²) in [4.78, 5) is 17.8. The fourth-order valence-electron chi connectivity index (χ4n) is 1.98. The molecule has 1 aromatic carbocycles. The van der Waals surface area contributed by atoms with E-state index in [4.69, 9.17) is 14.3 Å². The highest BCUT2D eigenvalue weighted by molar-refractivity contribution is 7.39. The molecular formula is C14H23O3P. The molecule has 4 heteroatoms.